The third-order valence-corrected chi connectivity index (χ3v) is 3.96. The quantitative estimate of drug-likeness (QED) is 0.581. The number of carbonyl (C=O) groups excluding carboxylic acids is 1. The summed E-state index contributed by atoms with van der Waals surface area (Å²) in [6.07, 6.45) is 0.878. The Kier molecular flexibility index (Phi) is 7.33. The summed E-state index contributed by atoms with van der Waals surface area (Å²) >= 11 is 0. The molecule has 0 spiro atoms. The molecule has 96 valence electrons. The van der Waals surface area contributed by atoms with Gasteiger partial charge in [0.1, 0.15) is 0 Å². The van der Waals surface area contributed by atoms with E-state index >= 15 is 0 Å². The van der Waals surface area contributed by atoms with Gasteiger partial charge in [-0.15, -0.1) is 0 Å². The Labute approximate surface area is 97.7 Å². The van der Waals surface area contributed by atoms with Gasteiger partial charge in [0.05, 0.1) is 19.4 Å². The van der Waals surface area contributed by atoms with E-state index in [0.29, 0.717) is 13.1 Å². The molecule has 0 N–H and O–H groups in total. The Morgan fingerprint density at radius 2 is 1.88 bits per heavy atom. The average Bonchev–Trinajstić information content (AvgIpc) is 2.26. The lowest BCUT2D eigenvalue weighted by Crippen LogP contribution is -2.35. The first-order valence-corrected chi connectivity index (χ1v) is 7.26. The van der Waals surface area contributed by atoms with Gasteiger partial charge >= 0.3 is 5.97 Å². The van der Waals surface area contributed by atoms with Gasteiger partial charge in [0.25, 0.3) is 0 Å². The van der Waals surface area contributed by atoms with Gasteiger partial charge in [0.15, 0.2) is 9.84 Å². The topological polar surface area (TPSA) is 63.7 Å². The molecule has 0 rings (SSSR count). The zero-order valence-electron chi connectivity index (χ0n) is 10.2. The molecule has 0 saturated carbocycles. The summed E-state index contributed by atoms with van der Waals surface area (Å²) in [6, 6.07) is 0. The van der Waals surface area contributed by atoms with Crippen LogP contribution in [0.5, 0.6) is 0 Å². The van der Waals surface area contributed by atoms with Crippen LogP contribution in [0, 0.1) is 0 Å². The average molecular weight is 251 g/mol. The maximum absolute atomic E-state index is 11.3. The number of nitrogens with zero attached hydrogens (tertiary/aromatic N) is 1. The van der Waals surface area contributed by atoms with Crippen LogP contribution in [0.4, 0.5) is 0 Å². The monoisotopic (exact) mass is 251 g/mol. The standard InChI is InChI=1S/C10H21NO4S/c1-4-6-11(9-10(12)15-3)7-8-16(13,14)5-2/h4-9H2,1-3H3. The highest BCUT2D eigenvalue weighted by atomic mass is 32.2. The van der Waals surface area contributed by atoms with Crippen molar-refractivity contribution in [1.29, 1.82) is 0 Å². The molecule has 0 heterocycles. The number of ether oxygens (including phenoxy) is 1. The zero-order valence-corrected chi connectivity index (χ0v) is 11.0. The van der Waals surface area contributed by atoms with E-state index in [1.165, 1.54) is 7.11 Å². The van der Waals surface area contributed by atoms with E-state index in [0.717, 1.165) is 6.42 Å². The maximum atomic E-state index is 11.3. The fourth-order valence-corrected chi connectivity index (χ4v) is 2.07. The number of sulfone groups is 1. The molecule has 0 aliphatic heterocycles. The highest BCUT2D eigenvalue weighted by molar-refractivity contribution is 7.91. The summed E-state index contributed by atoms with van der Waals surface area (Å²) in [5.41, 5.74) is 0. The Morgan fingerprint density at radius 3 is 2.31 bits per heavy atom. The second-order valence-electron chi connectivity index (χ2n) is 3.59. The van der Waals surface area contributed by atoms with E-state index < -0.39 is 9.84 Å². The maximum Gasteiger partial charge on any atom is 0.319 e. The van der Waals surface area contributed by atoms with Crippen molar-refractivity contribution in [3.8, 4) is 0 Å². The molecular weight excluding hydrogens is 230 g/mol. The van der Waals surface area contributed by atoms with Gasteiger partial charge in [-0.05, 0) is 13.0 Å². The van der Waals surface area contributed by atoms with Crippen LogP contribution in [0.3, 0.4) is 0 Å². The molecule has 0 fully saturated rings. The van der Waals surface area contributed by atoms with Crippen molar-refractivity contribution in [2.24, 2.45) is 0 Å². The van der Waals surface area contributed by atoms with Gasteiger partial charge in [-0.1, -0.05) is 13.8 Å². The van der Waals surface area contributed by atoms with Crippen LogP contribution in [-0.2, 0) is 19.4 Å². The SMILES string of the molecule is CCCN(CCS(=O)(=O)CC)CC(=O)OC. The minimum absolute atomic E-state index is 0.0977. The van der Waals surface area contributed by atoms with E-state index in [2.05, 4.69) is 4.74 Å². The fourth-order valence-electron chi connectivity index (χ4n) is 1.25. The van der Waals surface area contributed by atoms with E-state index in [1.54, 1.807) is 11.8 Å². The summed E-state index contributed by atoms with van der Waals surface area (Å²) in [5, 5.41) is 0. The summed E-state index contributed by atoms with van der Waals surface area (Å²) in [5.74, 6) is -0.0894. The summed E-state index contributed by atoms with van der Waals surface area (Å²) in [6.45, 7) is 4.86. The van der Waals surface area contributed by atoms with Crippen molar-refractivity contribution in [2.45, 2.75) is 20.3 Å². The van der Waals surface area contributed by atoms with Crippen LogP contribution in [-0.4, -0.2) is 57.5 Å². The van der Waals surface area contributed by atoms with Crippen molar-refractivity contribution < 1.29 is 17.9 Å². The highest BCUT2D eigenvalue weighted by Crippen LogP contribution is 1.96. The molecule has 0 unspecified atom stereocenters. The van der Waals surface area contributed by atoms with Crippen molar-refractivity contribution in [1.82, 2.24) is 4.90 Å². The third-order valence-electron chi connectivity index (χ3n) is 2.28. The van der Waals surface area contributed by atoms with Crippen molar-refractivity contribution >= 4 is 15.8 Å². The lowest BCUT2D eigenvalue weighted by atomic mass is 10.4. The molecular formula is C10H21NO4S. The van der Waals surface area contributed by atoms with Crippen LogP contribution >= 0.6 is 0 Å². The van der Waals surface area contributed by atoms with Crippen LogP contribution in [0.2, 0.25) is 0 Å². The van der Waals surface area contributed by atoms with E-state index in [9.17, 15) is 13.2 Å². The Balaban J connectivity index is 4.18. The van der Waals surface area contributed by atoms with Crippen LogP contribution in [0.15, 0.2) is 0 Å². The Bertz CT molecular complexity index is 300. The van der Waals surface area contributed by atoms with Crippen molar-refractivity contribution in [3.63, 3.8) is 0 Å². The van der Waals surface area contributed by atoms with Gasteiger partial charge in [-0.2, -0.15) is 0 Å². The van der Waals surface area contributed by atoms with Crippen LogP contribution < -0.4 is 0 Å². The molecule has 0 atom stereocenters. The molecule has 0 aliphatic rings. The van der Waals surface area contributed by atoms with Gasteiger partial charge in [-0.25, -0.2) is 8.42 Å². The minimum atomic E-state index is -2.97. The normalized spacial score (nSPS) is 11.8. The molecule has 0 aromatic heterocycles. The van der Waals surface area contributed by atoms with Gasteiger partial charge in [-0.3, -0.25) is 9.69 Å². The summed E-state index contributed by atoms with van der Waals surface area (Å²) in [7, 11) is -1.64. The van der Waals surface area contributed by atoms with Crippen LogP contribution in [0.25, 0.3) is 0 Å². The number of hydrogen-bond donors (Lipinski definition) is 0. The summed E-state index contributed by atoms with van der Waals surface area (Å²) in [4.78, 5) is 12.9. The first-order valence-electron chi connectivity index (χ1n) is 5.44. The molecule has 0 saturated heterocycles. The Morgan fingerprint density at radius 1 is 1.25 bits per heavy atom. The first kappa shape index (κ1) is 15.4. The number of esters is 1. The van der Waals surface area contributed by atoms with Gasteiger partial charge < -0.3 is 4.74 Å². The van der Waals surface area contributed by atoms with Crippen molar-refractivity contribution in [3.05, 3.63) is 0 Å². The Hall–Kier alpha value is -0.620. The fraction of sp³-hybridized carbons (Fsp3) is 0.900. The first-order chi connectivity index (χ1) is 7.45. The van der Waals surface area contributed by atoms with E-state index in [1.807, 2.05) is 6.92 Å². The summed E-state index contributed by atoms with van der Waals surface area (Å²) < 4.78 is 27.2. The molecule has 0 aromatic carbocycles. The van der Waals surface area contributed by atoms with Crippen molar-refractivity contribution in [2.75, 3.05) is 38.2 Å². The second kappa shape index (κ2) is 7.62. The van der Waals surface area contributed by atoms with E-state index in [-0.39, 0.29) is 24.0 Å². The smallest absolute Gasteiger partial charge is 0.319 e. The molecule has 0 radical (unpaired) electrons. The molecule has 0 aromatic rings. The predicted molar refractivity (Wildman–Crippen MR) is 63.1 cm³/mol. The number of hydrogen-bond acceptors (Lipinski definition) is 5. The number of methoxy groups -OCH3 is 1. The zero-order chi connectivity index (χ0) is 12.6. The second-order valence-corrected chi connectivity index (χ2v) is 6.06. The largest absolute Gasteiger partial charge is 0.468 e. The predicted octanol–water partition coefficient (Wildman–Crippen LogP) is 0.306. The highest BCUT2D eigenvalue weighted by Gasteiger charge is 2.14. The lowest BCUT2D eigenvalue weighted by molar-refractivity contribution is -0.141. The molecule has 0 aliphatic carbocycles. The van der Waals surface area contributed by atoms with Gasteiger partial charge in [0, 0.05) is 12.3 Å². The minimum Gasteiger partial charge on any atom is -0.468 e. The lowest BCUT2D eigenvalue weighted by Gasteiger charge is -2.19. The number of rotatable bonds is 8. The third kappa shape index (κ3) is 6.79. The van der Waals surface area contributed by atoms with Gasteiger partial charge in [0.2, 0.25) is 0 Å². The molecule has 0 amide bonds. The molecule has 5 nitrogen and oxygen atoms in total. The molecule has 16 heavy (non-hydrogen) atoms. The molecule has 6 heteroatoms. The van der Waals surface area contributed by atoms with Crippen LogP contribution in [0.1, 0.15) is 20.3 Å². The van der Waals surface area contributed by atoms with E-state index in [4.69, 9.17) is 0 Å². The number of carbonyl (C=O) groups is 1. The molecule has 0 bridgehead atoms.